The molecule has 0 aromatic carbocycles. The van der Waals surface area contributed by atoms with Crippen molar-refractivity contribution in [3.8, 4) is 0 Å². The number of halogens is 1. The molecule has 0 atom stereocenters. The molecule has 3 aromatic rings. The lowest BCUT2D eigenvalue weighted by Gasteiger charge is -2.35. The number of piperazine rings is 1. The third-order valence-corrected chi connectivity index (χ3v) is 7.06. The number of hydrogen-bond acceptors (Lipinski definition) is 9. The van der Waals surface area contributed by atoms with Crippen LogP contribution in [0.3, 0.4) is 0 Å². The van der Waals surface area contributed by atoms with Crippen molar-refractivity contribution in [1.82, 2.24) is 25.1 Å². The van der Waals surface area contributed by atoms with E-state index < -0.39 is 0 Å². The molecule has 5 rings (SSSR count). The molecule has 0 amide bonds. The van der Waals surface area contributed by atoms with Gasteiger partial charge in [-0.25, -0.2) is 4.98 Å². The Morgan fingerprint density at radius 3 is 2.65 bits per heavy atom. The molecule has 0 bridgehead atoms. The van der Waals surface area contributed by atoms with Crippen molar-refractivity contribution < 1.29 is 5.11 Å². The van der Waals surface area contributed by atoms with Crippen molar-refractivity contribution in [2.75, 3.05) is 49.5 Å². The van der Waals surface area contributed by atoms with Gasteiger partial charge in [-0.05, 0) is 31.0 Å². The highest BCUT2D eigenvalue weighted by molar-refractivity contribution is 7.15. The van der Waals surface area contributed by atoms with Gasteiger partial charge in [-0.15, -0.1) is 22.6 Å². The topological polar surface area (TPSA) is 90.3 Å². The fraction of sp³-hybridized carbons (Fsp3) is 0.524. The first-order valence-electron chi connectivity index (χ1n) is 10.7. The molecule has 31 heavy (non-hydrogen) atoms. The zero-order valence-electron chi connectivity index (χ0n) is 17.4. The number of anilines is 3. The lowest BCUT2D eigenvalue weighted by atomic mass is 10.1. The first-order valence-corrected chi connectivity index (χ1v) is 11.6. The van der Waals surface area contributed by atoms with Gasteiger partial charge in [0, 0.05) is 38.6 Å². The van der Waals surface area contributed by atoms with Crippen LogP contribution >= 0.6 is 23.7 Å². The van der Waals surface area contributed by atoms with Crippen LogP contribution < -0.4 is 10.2 Å². The van der Waals surface area contributed by atoms with E-state index in [-0.39, 0.29) is 19.0 Å². The second kappa shape index (κ2) is 10.0. The molecule has 0 spiro atoms. The number of pyridine rings is 2. The van der Waals surface area contributed by atoms with Crippen LogP contribution in [0.4, 0.5) is 16.6 Å². The summed E-state index contributed by atoms with van der Waals surface area (Å²) in [6.07, 6.45) is 6.98. The minimum atomic E-state index is 0. The molecule has 2 aliphatic rings. The second-order valence-corrected chi connectivity index (χ2v) is 9.04. The fourth-order valence-corrected chi connectivity index (χ4v) is 5.26. The van der Waals surface area contributed by atoms with E-state index in [0.29, 0.717) is 5.92 Å². The summed E-state index contributed by atoms with van der Waals surface area (Å²) in [6.45, 7) is 4.73. The van der Waals surface area contributed by atoms with Gasteiger partial charge in [-0.3, -0.25) is 9.88 Å². The van der Waals surface area contributed by atoms with Crippen LogP contribution in [0.5, 0.6) is 0 Å². The summed E-state index contributed by atoms with van der Waals surface area (Å²) < 4.78 is 0. The summed E-state index contributed by atoms with van der Waals surface area (Å²) >= 11 is 1.64. The minimum Gasteiger partial charge on any atom is -0.395 e. The number of hydrogen-bond donors (Lipinski definition) is 2. The maximum Gasteiger partial charge on any atom is 0.211 e. The van der Waals surface area contributed by atoms with E-state index in [9.17, 15) is 0 Å². The number of fused-ring (bicyclic) bond motifs is 1. The van der Waals surface area contributed by atoms with Crippen LogP contribution in [-0.4, -0.2) is 69.5 Å². The lowest BCUT2D eigenvalue weighted by Crippen LogP contribution is -2.47. The standard InChI is InChI=1S/C21H27N7OS.ClH/c29-12-11-27-7-9-28(10-8-27)16-13-18-17(22-14-16)5-6-19(23-18)24-21-26-25-20(30-21)15-3-1-2-4-15;/h5-6,13-15,29H,1-4,7-12H2,(H,23,24,26);1H. The maximum absolute atomic E-state index is 9.12. The van der Waals surface area contributed by atoms with Crippen molar-refractivity contribution in [3.05, 3.63) is 29.4 Å². The van der Waals surface area contributed by atoms with Gasteiger partial charge in [-0.1, -0.05) is 24.2 Å². The average molecular weight is 462 g/mol. The Kier molecular flexibility index (Phi) is 7.16. The molecular weight excluding hydrogens is 434 g/mol. The Labute approximate surface area is 192 Å². The molecule has 1 aliphatic carbocycles. The van der Waals surface area contributed by atoms with Crippen molar-refractivity contribution in [2.24, 2.45) is 0 Å². The third kappa shape index (κ3) is 5.06. The van der Waals surface area contributed by atoms with Crippen molar-refractivity contribution in [2.45, 2.75) is 31.6 Å². The molecule has 2 N–H and O–H groups in total. The van der Waals surface area contributed by atoms with Gasteiger partial charge >= 0.3 is 0 Å². The average Bonchev–Trinajstić information content (AvgIpc) is 3.46. The van der Waals surface area contributed by atoms with Crippen LogP contribution in [-0.2, 0) is 0 Å². The van der Waals surface area contributed by atoms with Crippen LogP contribution in [0.1, 0.15) is 36.6 Å². The van der Waals surface area contributed by atoms with E-state index in [1.807, 2.05) is 18.3 Å². The Morgan fingerprint density at radius 1 is 1.06 bits per heavy atom. The fourth-order valence-electron chi connectivity index (χ4n) is 4.34. The first kappa shape index (κ1) is 22.1. The van der Waals surface area contributed by atoms with Crippen molar-refractivity contribution >= 4 is 51.4 Å². The van der Waals surface area contributed by atoms with Gasteiger partial charge in [0.1, 0.15) is 10.8 Å². The predicted molar refractivity (Wildman–Crippen MR) is 127 cm³/mol. The normalized spacial score (nSPS) is 17.8. The molecular formula is C21H28ClN7OS. The van der Waals surface area contributed by atoms with Gasteiger partial charge in [0.05, 0.1) is 29.5 Å². The van der Waals surface area contributed by atoms with Gasteiger partial charge in [-0.2, -0.15) is 0 Å². The summed E-state index contributed by atoms with van der Waals surface area (Å²) in [6, 6.07) is 6.05. The van der Waals surface area contributed by atoms with Gasteiger partial charge in [0.25, 0.3) is 0 Å². The molecule has 1 saturated heterocycles. The summed E-state index contributed by atoms with van der Waals surface area (Å²) in [4.78, 5) is 14.0. The summed E-state index contributed by atoms with van der Waals surface area (Å²) in [7, 11) is 0. The van der Waals surface area contributed by atoms with E-state index in [1.165, 1.54) is 25.7 Å². The summed E-state index contributed by atoms with van der Waals surface area (Å²) in [5.74, 6) is 1.34. The molecule has 1 aliphatic heterocycles. The van der Waals surface area contributed by atoms with Crippen LogP contribution in [0.15, 0.2) is 24.4 Å². The van der Waals surface area contributed by atoms with Crippen LogP contribution in [0.2, 0.25) is 0 Å². The molecule has 2 fully saturated rings. The largest absolute Gasteiger partial charge is 0.395 e. The predicted octanol–water partition coefficient (Wildman–Crippen LogP) is 3.42. The molecule has 0 radical (unpaired) electrons. The maximum atomic E-state index is 9.12. The smallest absolute Gasteiger partial charge is 0.211 e. The summed E-state index contributed by atoms with van der Waals surface area (Å²) in [5, 5.41) is 23.1. The lowest BCUT2D eigenvalue weighted by molar-refractivity contribution is 0.189. The number of rotatable bonds is 6. The number of aromatic nitrogens is 4. The third-order valence-electron chi connectivity index (χ3n) is 6.06. The number of nitrogens with zero attached hydrogens (tertiary/aromatic N) is 6. The van der Waals surface area contributed by atoms with Gasteiger partial charge in [0.2, 0.25) is 5.13 Å². The minimum absolute atomic E-state index is 0. The molecule has 166 valence electrons. The molecule has 8 nitrogen and oxygen atoms in total. The monoisotopic (exact) mass is 461 g/mol. The van der Waals surface area contributed by atoms with Gasteiger partial charge in [0.15, 0.2) is 0 Å². The highest BCUT2D eigenvalue weighted by atomic mass is 35.5. The van der Waals surface area contributed by atoms with E-state index in [0.717, 1.165) is 65.4 Å². The van der Waals surface area contributed by atoms with E-state index >= 15 is 0 Å². The second-order valence-electron chi connectivity index (χ2n) is 8.03. The van der Waals surface area contributed by atoms with E-state index in [4.69, 9.17) is 10.1 Å². The number of nitrogens with one attached hydrogen (secondary N) is 1. The van der Waals surface area contributed by atoms with Crippen molar-refractivity contribution in [3.63, 3.8) is 0 Å². The Bertz CT molecular complexity index is 1000. The highest BCUT2D eigenvalue weighted by Gasteiger charge is 2.21. The molecule has 3 aromatic heterocycles. The Morgan fingerprint density at radius 2 is 1.87 bits per heavy atom. The van der Waals surface area contributed by atoms with Gasteiger partial charge < -0.3 is 15.3 Å². The quantitative estimate of drug-likeness (QED) is 0.577. The molecule has 0 unspecified atom stereocenters. The first-order chi connectivity index (χ1) is 14.8. The number of aliphatic hydroxyl groups excluding tert-OH is 1. The Hall–Kier alpha value is -2.07. The Balaban J connectivity index is 0.00000231. The molecule has 4 heterocycles. The van der Waals surface area contributed by atoms with E-state index in [1.54, 1.807) is 11.3 Å². The zero-order chi connectivity index (χ0) is 20.3. The molecule has 10 heteroatoms. The highest BCUT2D eigenvalue weighted by Crippen LogP contribution is 2.37. The SMILES string of the molecule is Cl.OCCN1CCN(c2cnc3ccc(Nc4nnc(C5CCCC5)s4)nc3c2)CC1. The number of aliphatic hydroxyl groups is 1. The van der Waals surface area contributed by atoms with E-state index in [2.05, 4.69) is 36.4 Å². The number of β-amino-alcohol motifs (C(OH)–C–C–N with tert-alkyl or cyclic N) is 1. The van der Waals surface area contributed by atoms with Crippen molar-refractivity contribution in [1.29, 1.82) is 0 Å². The molecule has 1 saturated carbocycles. The van der Waals surface area contributed by atoms with Crippen LogP contribution in [0.25, 0.3) is 11.0 Å². The summed E-state index contributed by atoms with van der Waals surface area (Å²) in [5.41, 5.74) is 2.85. The zero-order valence-corrected chi connectivity index (χ0v) is 19.0. The van der Waals surface area contributed by atoms with Crippen LogP contribution in [0, 0.1) is 0 Å².